The van der Waals surface area contributed by atoms with Gasteiger partial charge in [-0.1, -0.05) is 18.2 Å². The first-order chi connectivity index (χ1) is 12.0. The fourth-order valence-electron chi connectivity index (χ4n) is 2.59. The standard InChI is InChI=1S/C20H20N2O3/c1-14(23)15-8-10-20(11-9-15,24-18-6-2-4-16(21)12-18)25-19-7-3-5-17(22)13-19/h2-10,12-13H,11,21-22H2,1H3. The smallest absolute Gasteiger partial charge is 0.274 e. The van der Waals surface area contributed by atoms with Gasteiger partial charge in [-0.3, -0.25) is 4.79 Å². The zero-order chi connectivity index (χ0) is 17.9. The molecular weight excluding hydrogens is 316 g/mol. The van der Waals surface area contributed by atoms with Gasteiger partial charge in [-0.25, -0.2) is 0 Å². The van der Waals surface area contributed by atoms with Crippen molar-refractivity contribution in [2.75, 3.05) is 11.5 Å². The Kier molecular flexibility index (Phi) is 4.48. The minimum absolute atomic E-state index is 0.00207. The Morgan fingerprint density at radius 2 is 1.56 bits per heavy atom. The summed E-state index contributed by atoms with van der Waals surface area (Å²) in [5, 5.41) is 0. The number of ether oxygens (including phenoxy) is 2. The van der Waals surface area contributed by atoms with Crippen LogP contribution in [0.2, 0.25) is 0 Å². The monoisotopic (exact) mass is 336 g/mol. The van der Waals surface area contributed by atoms with Crippen molar-refractivity contribution < 1.29 is 14.3 Å². The lowest BCUT2D eigenvalue weighted by Crippen LogP contribution is -2.41. The number of allylic oxidation sites excluding steroid dienone is 2. The molecule has 0 atom stereocenters. The second-order valence-corrected chi connectivity index (χ2v) is 5.91. The highest BCUT2D eigenvalue weighted by Crippen LogP contribution is 2.32. The van der Waals surface area contributed by atoms with Crippen LogP contribution in [-0.4, -0.2) is 11.6 Å². The number of benzene rings is 2. The molecule has 0 radical (unpaired) electrons. The van der Waals surface area contributed by atoms with Crippen LogP contribution in [0.4, 0.5) is 11.4 Å². The van der Waals surface area contributed by atoms with Gasteiger partial charge in [0.1, 0.15) is 11.5 Å². The van der Waals surface area contributed by atoms with Gasteiger partial charge in [0, 0.05) is 41.6 Å². The van der Waals surface area contributed by atoms with Crippen molar-refractivity contribution in [3.8, 4) is 11.5 Å². The van der Waals surface area contributed by atoms with Crippen LogP contribution in [0.3, 0.4) is 0 Å². The van der Waals surface area contributed by atoms with Gasteiger partial charge >= 0.3 is 0 Å². The third-order valence-corrected chi connectivity index (χ3v) is 3.83. The van der Waals surface area contributed by atoms with E-state index in [9.17, 15) is 4.79 Å². The second-order valence-electron chi connectivity index (χ2n) is 5.91. The van der Waals surface area contributed by atoms with E-state index >= 15 is 0 Å². The average Bonchev–Trinajstić information content (AvgIpc) is 2.55. The Morgan fingerprint density at radius 1 is 1.00 bits per heavy atom. The van der Waals surface area contributed by atoms with Crippen LogP contribution in [0.1, 0.15) is 13.3 Å². The molecule has 0 saturated heterocycles. The van der Waals surface area contributed by atoms with Gasteiger partial charge in [0.25, 0.3) is 5.79 Å². The summed E-state index contributed by atoms with van der Waals surface area (Å²) >= 11 is 0. The van der Waals surface area contributed by atoms with Crippen molar-refractivity contribution in [3.05, 3.63) is 72.3 Å². The first kappa shape index (κ1) is 16.6. The minimum Gasteiger partial charge on any atom is -0.448 e. The molecule has 0 fully saturated rings. The highest BCUT2D eigenvalue weighted by atomic mass is 16.7. The first-order valence-corrected chi connectivity index (χ1v) is 7.95. The average molecular weight is 336 g/mol. The molecule has 1 aliphatic rings. The molecule has 25 heavy (non-hydrogen) atoms. The van der Waals surface area contributed by atoms with E-state index in [1.165, 1.54) is 6.92 Å². The molecule has 0 aliphatic heterocycles. The van der Waals surface area contributed by atoms with Crippen molar-refractivity contribution in [2.24, 2.45) is 0 Å². The molecular formula is C20H20N2O3. The van der Waals surface area contributed by atoms with Crippen LogP contribution in [0.15, 0.2) is 72.3 Å². The third kappa shape index (κ3) is 4.01. The van der Waals surface area contributed by atoms with Crippen molar-refractivity contribution in [1.82, 2.24) is 0 Å². The predicted molar refractivity (Wildman–Crippen MR) is 98.2 cm³/mol. The number of Topliss-reactive ketones (excluding diaryl/α,β-unsaturated/α-hetero) is 1. The number of carbonyl (C=O) groups excluding carboxylic acids is 1. The van der Waals surface area contributed by atoms with Crippen LogP contribution in [0, 0.1) is 0 Å². The van der Waals surface area contributed by atoms with E-state index in [2.05, 4.69) is 0 Å². The van der Waals surface area contributed by atoms with Crippen LogP contribution < -0.4 is 20.9 Å². The summed E-state index contributed by atoms with van der Waals surface area (Å²) in [6.45, 7) is 1.53. The molecule has 0 aromatic heterocycles. The summed E-state index contributed by atoms with van der Waals surface area (Å²) in [7, 11) is 0. The Morgan fingerprint density at radius 3 is 1.96 bits per heavy atom. The zero-order valence-electron chi connectivity index (χ0n) is 13.9. The third-order valence-electron chi connectivity index (χ3n) is 3.83. The van der Waals surface area contributed by atoms with Crippen molar-refractivity contribution in [1.29, 1.82) is 0 Å². The van der Waals surface area contributed by atoms with Crippen LogP contribution in [0.25, 0.3) is 0 Å². The first-order valence-electron chi connectivity index (χ1n) is 7.95. The zero-order valence-corrected chi connectivity index (χ0v) is 13.9. The quantitative estimate of drug-likeness (QED) is 0.645. The fourth-order valence-corrected chi connectivity index (χ4v) is 2.59. The van der Waals surface area contributed by atoms with Gasteiger partial charge in [0.2, 0.25) is 0 Å². The minimum atomic E-state index is -1.08. The SMILES string of the molecule is CC(=O)C1=CCC(Oc2cccc(N)c2)(Oc2cccc(N)c2)C=C1. The lowest BCUT2D eigenvalue weighted by atomic mass is 9.99. The molecule has 128 valence electrons. The number of anilines is 2. The summed E-state index contributed by atoms with van der Waals surface area (Å²) in [6.07, 6.45) is 5.64. The molecule has 0 saturated carbocycles. The molecule has 2 aromatic carbocycles. The number of carbonyl (C=O) groups is 1. The molecule has 0 bridgehead atoms. The molecule has 0 heterocycles. The Balaban J connectivity index is 1.92. The number of nitrogens with two attached hydrogens (primary N) is 2. The Hall–Kier alpha value is -3.21. The number of rotatable bonds is 5. The Labute approximate surface area is 146 Å². The van der Waals surface area contributed by atoms with Gasteiger partial charge in [0.15, 0.2) is 5.78 Å². The Bertz CT molecular complexity index is 808. The van der Waals surface area contributed by atoms with Crippen molar-refractivity contribution in [2.45, 2.75) is 19.1 Å². The van der Waals surface area contributed by atoms with E-state index in [-0.39, 0.29) is 5.78 Å². The van der Waals surface area contributed by atoms with Gasteiger partial charge in [-0.15, -0.1) is 0 Å². The number of hydrogen-bond acceptors (Lipinski definition) is 5. The van der Waals surface area contributed by atoms with Gasteiger partial charge in [0.05, 0.1) is 0 Å². The molecule has 0 amide bonds. The maximum Gasteiger partial charge on any atom is 0.274 e. The molecule has 0 unspecified atom stereocenters. The normalized spacial score (nSPS) is 15.3. The molecule has 4 N–H and O–H groups in total. The van der Waals surface area contributed by atoms with E-state index in [4.69, 9.17) is 20.9 Å². The lowest BCUT2D eigenvalue weighted by Gasteiger charge is -2.33. The number of nitrogen functional groups attached to an aromatic ring is 2. The topological polar surface area (TPSA) is 87.6 Å². The lowest BCUT2D eigenvalue weighted by molar-refractivity contribution is -0.113. The van der Waals surface area contributed by atoms with E-state index < -0.39 is 5.79 Å². The summed E-state index contributed by atoms with van der Waals surface area (Å²) in [4.78, 5) is 11.6. The van der Waals surface area contributed by atoms with E-state index in [0.29, 0.717) is 34.9 Å². The molecule has 1 aliphatic carbocycles. The van der Waals surface area contributed by atoms with Crippen LogP contribution in [0.5, 0.6) is 11.5 Å². The largest absolute Gasteiger partial charge is 0.448 e. The maximum atomic E-state index is 11.6. The van der Waals surface area contributed by atoms with E-state index in [1.807, 2.05) is 12.1 Å². The van der Waals surface area contributed by atoms with E-state index in [1.54, 1.807) is 54.6 Å². The predicted octanol–water partition coefficient (Wildman–Crippen LogP) is 3.48. The van der Waals surface area contributed by atoms with Gasteiger partial charge in [-0.2, -0.15) is 0 Å². The van der Waals surface area contributed by atoms with Crippen LogP contribution >= 0.6 is 0 Å². The summed E-state index contributed by atoms with van der Waals surface area (Å²) < 4.78 is 12.2. The summed E-state index contributed by atoms with van der Waals surface area (Å²) in [5.74, 6) is 0.0693. The molecule has 3 rings (SSSR count). The summed E-state index contributed by atoms with van der Waals surface area (Å²) in [5.41, 5.74) is 13.5. The maximum absolute atomic E-state index is 11.6. The fraction of sp³-hybridized carbons (Fsp3) is 0.150. The molecule has 0 spiro atoms. The highest BCUT2D eigenvalue weighted by molar-refractivity contribution is 5.96. The number of hydrogen-bond donors (Lipinski definition) is 2. The molecule has 5 heteroatoms. The van der Waals surface area contributed by atoms with Gasteiger partial charge in [-0.05, 0) is 37.3 Å². The van der Waals surface area contributed by atoms with Crippen LogP contribution in [-0.2, 0) is 4.79 Å². The highest BCUT2D eigenvalue weighted by Gasteiger charge is 2.34. The van der Waals surface area contributed by atoms with E-state index in [0.717, 1.165) is 0 Å². The van der Waals surface area contributed by atoms with Crippen molar-refractivity contribution >= 4 is 17.2 Å². The molecule has 2 aromatic rings. The second kappa shape index (κ2) is 6.73. The number of ketones is 1. The van der Waals surface area contributed by atoms with Gasteiger partial charge < -0.3 is 20.9 Å². The molecule has 5 nitrogen and oxygen atoms in total. The van der Waals surface area contributed by atoms with Crippen molar-refractivity contribution in [3.63, 3.8) is 0 Å². The summed E-state index contributed by atoms with van der Waals surface area (Å²) in [6, 6.07) is 14.2.